The molecular formula is C22H29N3O2. The first-order valence-electron chi connectivity index (χ1n) is 9.65. The molecule has 5 heteroatoms. The lowest BCUT2D eigenvalue weighted by Crippen LogP contribution is -2.41. The number of likely N-dealkylation sites (N-methyl/N-ethyl adjacent to an activating group) is 2. The number of hydrogen-bond acceptors (Lipinski definition) is 3. The average molecular weight is 367 g/mol. The van der Waals surface area contributed by atoms with Crippen molar-refractivity contribution in [1.82, 2.24) is 14.4 Å². The molecule has 0 saturated heterocycles. The van der Waals surface area contributed by atoms with Gasteiger partial charge >= 0.3 is 0 Å². The Hall–Kier alpha value is -2.37. The van der Waals surface area contributed by atoms with Crippen molar-refractivity contribution >= 4 is 27.7 Å². The molecule has 3 aromatic rings. The van der Waals surface area contributed by atoms with Gasteiger partial charge < -0.3 is 14.6 Å². The Bertz CT molecular complexity index is 861. The maximum atomic E-state index is 12.3. The average Bonchev–Trinajstić information content (AvgIpc) is 2.97. The van der Waals surface area contributed by atoms with Crippen LogP contribution in [0.3, 0.4) is 0 Å². The number of aromatic nitrogens is 1. The van der Waals surface area contributed by atoms with Gasteiger partial charge in [-0.05, 0) is 33.0 Å². The zero-order valence-electron chi connectivity index (χ0n) is 16.4. The van der Waals surface area contributed by atoms with Gasteiger partial charge in [0.25, 0.3) is 0 Å². The van der Waals surface area contributed by atoms with Crippen LogP contribution in [0.1, 0.15) is 13.8 Å². The summed E-state index contributed by atoms with van der Waals surface area (Å²) in [6.07, 6.45) is -0.557. The van der Waals surface area contributed by atoms with Crippen LogP contribution in [0.25, 0.3) is 21.8 Å². The molecule has 1 heterocycles. The number of nitrogens with zero attached hydrogens (tertiary/aromatic N) is 3. The van der Waals surface area contributed by atoms with E-state index in [1.807, 2.05) is 55.0 Å². The van der Waals surface area contributed by atoms with Crippen molar-refractivity contribution in [2.24, 2.45) is 0 Å². The molecule has 2 aromatic carbocycles. The van der Waals surface area contributed by atoms with Crippen molar-refractivity contribution in [2.75, 3.05) is 33.2 Å². The van der Waals surface area contributed by atoms with Crippen molar-refractivity contribution in [1.29, 1.82) is 0 Å². The fourth-order valence-corrected chi connectivity index (χ4v) is 3.80. The monoisotopic (exact) mass is 367 g/mol. The molecule has 3 rings (SSSR count). The summed E-state index contributed by atoms with van der Waals surface area (Å²) < 4.78 is 2.18. The molecule has 1 aromatic heterocycles. The third kappa shape index (κ3) is 4.15. The first kappa shape index (κ1) is 19.4. The number of fused-ring (bicyclic) bond motifs is 3. The minimum atomic E-state index is -0.557. The number of para-hydroxylation sites is 2. The molecule has 0 saturated carbocycles. The van der Waals surface area contributed by atoms with Gasteiger partial charge in [-0.15, -0.1) is 0 Å². The molecule has 0 unspecified atom stereocenters. The van der Waals surface area contributed by atoms with Crippen LogP contribution in [0, 0.1) is 0 Å². The minimum absolute atomic E-state index is 0.103. The second kappa shape index (κ2) is 8.55. The highest BCUT2D eigenvalue weighted by atomic mass is 16.3. The Labute approximate surface area is 160 Å². The van der Waals surface area contributed by atoms with Crippen LogP contribution in [0.5, 0.6) is 0 Å². The zero-order valence-corrected chi connectivity index (χ0v) is 16.4. The molecule has 0 radical (unpaired) electrons. The maximum Gasteiger partial charge on any atom is 0.236 e. The van der Waals surface area contributed by atoms with Gasteiger partial charge in [-0.25, -0.2) is 0 Å². The largest absolute Gasteiger partial charge is 0.390 e. The summed E-state index contributed by atoms with van der Waals surface area (Å²) in [7, 11) is 1.89. The molecule has 0 aliphatic rings. The molecule has 5 nitrogen and oxygen atoms in total. The molecule has 0 aliphatic heterocycles. The number of hydrogen-bond donors (Lipinski definition) is 1. The summed E-state index contributed by atoms with van der Waals surface area (Å²) in [5.74, 6) is 0.103. The first-order valence-corrected chi connectivity index (χ1v) is 9.65. The standard InChI is InChI=1S/C22H29N3O2/c1-4-24(5-2)22(27)16-23(3)14-17(26)15-25-20-12-8-6-10-18(20)19-11-7-9-13-21(19)25/h6-13,17,26H,4-5,14-16H2,1-3H3/t17-/m1/s1. The van der Waals surface area contributed by atoms with Crippen LogP contribution in [0.15, 0.2) is 48.5 Å². The lowest BCUT2D eigenvalue weighted by molar-refractivity contribution is -0.132. The van der Waals surface area contributed by atoms with Crippen LogP contribution in [0.4, 0.5) is 0 Å². The second-order valence-corrected chi connectivity index (χ2v) is 7.06. The van der Waals surface area contributed by atoms with E-state index in [0.29, 0.717) is 32.7 Å². The van der Waals surface area contributed by atoms with E-state index in [-0.39, 0.29) is 5.91 Å². The topological polar surface area (TPSA) is 48.7 Å². The predicted octanol–water partition coefficient (Wildman–Crippen LogP) is 2.96. The summed E-state index contributed by atoms with van der Waals surface area (Å²) >= 11 is 0. The predicted molar refractivity (Wildman–Crippen MR) is 111 cm³/mol. The van der Waals surface area contributed by atoms with E-state index in [2.05, 4.69) is 28.8 Å². The third-order valence-corrected chi connectivity index (χ3v) is 5.12. The van der Waals surface area contributed by atoms with E-state index in [9.17, 15) is 9.90 Å². The summed E-state index contributed by atoms with van der Waals surface area (Å²) in [5, 5.41) is 13.1. The summed E-state index contributed by atoms with van der Waals surface area (Å²) in [6.45, 7) is 6.68. The molecule has 144 valence electrons. The van der Waals surface area contributed by atoms with Gasteiger partial charge in [-0.2, -0.15) is 0 Å². The number of carbonyl (C=O) groups is 1. The number of aliphatic hydroxyl groups is 1. The highest BCUT2D eigenvalue weighted by Crippen LogP contribution is 2.28. The van der Waals surface area contributed by atoms with E-state index >= 15 is 0 Å². The van der Waals surface area contributed by atoms with Crippen LogP contribution in [-0.4, -0.2) is 64.7 Å². The van der Waals surface area contributed by atoms with Gasteiger partial charge in [0.1, 0.15) is 0 Å². The third-order valence-electron chi connectivity index (χ3n) is 5.12. The molecular weight excluding hydrogens is 338 g/mol. The molecule has 0 fully saturated rings. The van der Waals surface area contributed by atoms with Crippen LogP contribution >= 0.6 is 0 Å². The Morgan fingerprint density at radius 3 is 2.04 bits per heavy atom. The summed E-state index contributed by atoms with van der Waals surface area (Å²) in [6, 6.07) is 16.6. The first-order chi connectivity index (χ1) is 13.0. The quantitative estimate of drug-likeness (QED) is 0.666. The van der Waals surface area contributed by atoms with Crippen LogP contribution in [-0.2, 0) is 11.3 Å². The van der Waals surface area contributed by atoms with Gasteiger partial charge in [0.05, 0.1) is 19.2 Å². The normalized spacial score (nSPS) is 12.8. The number of rotatable bonds is 8. The molecule has 1 amide bonds. The second-order valence-electron chi connectivity index (χ2n) is 7.06. The Balaban J connectivity index is 1.74. The molecule has 1 N–H and O–H groups in total. The zero-order chi connectivity index (χ0) is 19.4. The lowest BCUT2D eigenvalue weighted by atomic mass is 10.2. The van der Waals surface area contributed by atoms with Gasteiger partial charge in [-0.3, -0.25) is 9.69 Å². The Kier molecular flexibility index (Phi) is 6.14. The van der Waals surface area contributed by atoms with E-state index < -0.39 is 6.10 Å². The summed E-state index contributed by atoms with van der Waals surface area (Å²) in [4.78, 5) is 16.0. The van der Waals surface area contributed by atoms with Gasteiger partial charge in [0.15, 0.2) is 0 Å². The summed E-state index contributed by atoms with van der Waals surface area (Å²) in [5.41, 5.74) is 2.25. The van der Waals surface area contributed by atoms with E-state index in [4.69, 9.17) is 0 Å². The molecule has 0 aliphatic carbocycles. The number of amides is 1. The van der Waals surface area contributed by atoms with Crippen molar-refractivity contribution in [2.45, 2.75) is 26.5 Å². The SMILES string of the molecule is CCN(CC)C(=O)CN(C)C[C@@H](O)Cn1c2ccccc2c2ccccc21. The fraction of sp³-hybridized carbons (Fsp3) is 0.409. The number of benzene rings is 2. The van der Waals surface area contributed by atoms with Crippen LogP contribution in [0.2, 0.25) is 0 Å². The van der Waals surface area contributed by atoms with Crippen LogP contribution < -0.4 is 0 Å². The number of carbonyl (C=O) groups excluding carboxylic acids is 1. The van der Waals surface area contributed by atoms with Crippen molar-refractivity contribution < 1.29 is 9.90 Å². The lowest BCUT2D eigenvalue weighted by Gasteiger charge is -2.25. The molecule has 0 bridgehead atoms. The highest BCUT2D eigenvalue weighted by Gasteiger charge is 2.17. The van der Waals surface area contributed by atoms with Gasteiger partial charge in [-0.1, -0.05) is 36.4 Å². The van der Waals surface area contributed by atoms with E-state index in [0.717, 1.165) is 11.0 Å². The van der Waals surface area contributed by atoms with E-state index in [1.165, 1.54) is 10.8 Å². The minimum Gasteiger partial charge on any atom is -0.390 e. The molecule has 1 atom stereocenters. The fourth-order valence-electron chi connectivity index (χ4n) is 3.80. The maximum absolute atomic E-state index is 12.3. The van der Waals surface area contributed by atoms with E-state index in [1.54, 1.807) is 0 Å². The smallest absolute Gasteiger partial charge is 0.236 e. The van der Waals surface area contributed by atoms with Crippen molar-refractivity contribution in [3.63, 3.8) is 0 Å². The molecule has 0 spiro atoms. The van der Waals surface area contributed by atoms with Crippen molar-refractivity contribution in [3.8, 4) is 0 Å². The van der Waals surface area contributed by atoms with Gasteiger partial charge in [0, 0.05) is 41.4 Å². The molecule has 27 heavy (non-hydrogen) atoms. The number of aliphatic hydroxyl groups excluding tert-OH is 1. The van der Waals surface area contributed by atoms with Crippen molar-refractivity contribution in [3.05, 3.63) is 48.5 Å². The van der Waals surface area contributed by atoms with Gasteiger partial charge in [0.2, 0.25) is 5.91 Å². The Morgan fingerprint density at radius 1 is 1.00 bits per heavy atom. The Morgan fingerprint density at radius 2 is 1.52 bits per heavy atom. The highest BCUT2D eigenvalue weighted by molar-refractivity contribution is 6.07.